The first-order valence-corrected chi connectivity index (χ1v) is 11.7. The summed E-state index contributed by atoms with van der Waals surface area (Å²) in [5.41, 5.74) is 0.648. The second kappa shape index (κ2) is 11.0. The van der Waals surface area contributed by atoms with E-state index in [-0.39, 0.29) is 30.0 Å². The summed E-state index contributed by atoms with van der Waals surface area (Å²) >= 11 is 0. The molecule has 1 saturated heterocycles. The molecule has 3 heterocycles. The second-order valence-corrected chi connectivity index (χ2v) is 9.22. The highest BCUT2D eigenvalue weighted by Crippen LogP contribution is 2.40. The van der Waals surface area contributed by atoms with Crippen molar-refractivity contribution in [2.45, 2.75) is 55.6 Å². The number of benzene rings is 1. The van der Waals surface area contributed by atoms with E-state index >= 15 is 0 Å². The van der Waals surface area contributed by atoms with E-state index in [1.165, 1.54) is 35.1 Å². The van der Waals surface area contributed by atoms with Crippen LogP contribution in [0.4, 0.5) is 5.69 Å². The maximum Gasteiger partial charge on any atom is 0.373 e. The van der Waals surface area contributed by atoms with Crippen molar-refractivity contribution in [3.05, 3.63) is 41.1 Å². The summed E-state index contributed by atoms with van der Waals surface area (Å²) < 4.78 is 12.1. The van der Waals surface area contributed by atoms with Crippen LogP contribution in [0.2, 0.25) is 0 Å². The fourth-order valence-electron chi connectivity index (χ4n) is 4.58. The highest BCUT2D eigenvalue weighted by molar-refractivity contribution is 5.89. The van der Waals surface area contributed by atoms with E-state index in [9.17, 15) is 55.2 Å². The van der Waals surface area contributed by atoms with E-state index in [2.05, 4.69) is 5.32 Å². The van der Waals surface area contributed by atoms with Gasteiger partial charge < -0.3 is 55.6 Å². The number of fused-ring (bicyclic) bond motifs is 1. The molecule has 0 aliphatic carbocycles. The molecule has 0 spiro atoms. The maximum atomic E-state index is 12.0. The summed E-state index contributed by atoms with van der Waals surface area (Å²) in [6.45, 7) is -0.687. The van der Waals surface area contributed by atoms with Crippen LogP contribution < -0.4 is 10.1 Å². The van der Waals surface area contributed by atoms with Gasteiger partial charge >= 0.3 is 17.9 Å². The number of carbonyl (C=O) groups is 3. The number of rotatable bonds is 7. The molecule has 210 valence electrons. The summed E-state index contributed by atoms with van der Waals surface area (Å²) in [7, 11) is 0. The van der Waals surface area contributed by atoms with Gasteiger partial charge in [0.25, 0.3) is 6.04 Å². The molecule has 0 radical (unpaired) electrons. The van der Waals surface area contributed by atoms with Gasteiger partial charge in [-0.05, 0) is 17.7 Å². The first-order valence-electron chi connectivity index (χ1n) is 11.7. The van der Waals surface area contributed by atoms with Crippen LogP contribution in [0.5, 0.6) is 11.5 Å². The van der Waals surface area contributed by atoms with Gasteiger partial charge in [0.2, 0.25) is 12.0 Å². The van der Waals surface area contributed by atoms with Crippen LogP contribution in [0, 0.1) is 0 Å². The van der Waals surface area contributed by atoms with Gasteiger partial charge in [-0.3, -0.25) is 0 Å². The van der Waals surface area contributed by atoms with E-state index in [1.54, 1.807) is 0 Å². The lowest BCUT2D eigenvalue weighted by Crippen LogP contribution is -2.60. The number of allylic oxidation sites excluding steroid dienone is 2. The van der Waals surface area contributed by atoms with Crippen LogP contribution in [0.15, 0.2) is 35.6 Å². The number of aliphatic hydroxyl groups excluding tert-OH is 4. The Kier molecular flexibility index (Phi) is 7.89. The standard InChI is InChI=1S/C24H26N2O13/c27-8-17-18(29)19(30)20(31)24(39-17)38-16-6-10-5-14(23(36)37)26(13(10)7-15(16)28)2-1-9-3-11(21(32)33)25-12(4-9)22(34)35/h1-3,6-7,12,14,17-20,24,27,29-31H,4-5,8H2,(H4,28,32,33,34,35,36,37)/p+1/t12-,14-,17+,18+,19+,20+,24+/m0/s1. The van der Waals surface area contributed by atoms with Crippen LogP contribution in [0.3, 0.4) is 0 Å². The molecule has 15 nitrogen and oxygen atoms in total. The Morgan fingerprint density at radius 2 is 1.77 bits per heavy atom. The van der Waals surface area contributed by atoms with Crippen molar-refractivity contribution in [3.8, 4) is 11.5 Å². The average molecular weight is 551 g/mol. The zero-order valence-corrected chi connectivity index (χ0v) is 20.1. The van der Waals surface area contributed by atoms with Gasteiger partial charge in [0, 0.05) is 18.1 Å². The minimum absolute atomic E-state index is 0.0504. The van der Waals surface area contributed by atoms with Crippen molar-refractivity contribution in [1.29, 1.82) is 0 Å². The van der Waals surface area contributed by atoms with Gasteiger partial charge in [-0.1, -0.05) is 0 Å². The van der Waals surface area contributed by atoms with Crippen molar-refractivity contribution < 1.29 is 69.3 Å². The fraction of sp³-hybridized carbons (Fsp3) is 0.417. The summed E-state index contributed by atoms with van der Waals surface area (Å²) in [4.78, 5) is 34.8. The third kappa shape index (κ3) is 5.57. The highest BCUT2D eigenvalue weighted by atomic mass is 16.7. The summed E-state index contributed by atoms with van der Waals surface area (Å²) in [5, 5.41) is 80.9. The molecule has 39 heavy (non-hydrogen) atoms. The number of ether oxygens (including phenoxy) is 2. The molecule has 0 amide bonds. The first kappa shape index (κ1) is 28.0. The average Bonchev–Trinajstić information content (AvgIpc) is 3.24. The Labute approximate surface area is 219 Å². The molecule has 3 aliphatic rings. The molecule has 0 unspecified atom stereocenters. The Hall–Kier alpha value is -4.02. The number of aromatic hydroxyl groups is 1. The predicted molar refractivity (Wildman–Crippen MR) is 127 cm³/mol. The number of aliphatic carboxylic acids is 3. The topological polar surface area (TPSA) is 247 Å². The molecule has 0 bridgehead atoms. The van der Waals surface area contributed by atoms with Crippen molar-refractivity contribution in [2.24, 2.45) is 0 Å². The van der Waals surface area contributed by atoms with Gasteiger partial charge in [0.1, 0.15) is 36.2 Å². The second-order valence-electron chi connectivity index (χ2n) is 9.22. The molecular formula is C24H27N2O13+. The van der Waals surface area contributed by atoms with Gasteiger partial charge in [-0.15, -0.1) is 0 Å². The number of hydrogen-bond acceptors (Lipinski definition) is 11. The van der Waals surface area contributed by atoms with Crippen LogP contribution in [-0.4, -0.2) is 119 Å². The summed E-state index contributed by atoms with van der Waals surface area (Å²) in [6.07, 6.45) is -4.03. The Morgan fingerprint density at radius 3 is 2.38 bits per heavy atom. The van der Waals surface area contributed by atoms with Crippen LogP contribution in [0.1, 0.15) is 12.0 Å². The van der Waals surface area contributed by atoms with E-state index in [1.807, 2.05) is 0 Å². The molecule has 1 aromatic carbocycles. The molecule has 1 aromatic rings. The van der Waals surface area contributed by atoms with Crippen LogP contribution >= 0.6 is 0 Å². The molecule has 7 atom stereocenters. The SMILES string of the molecule is O=C(O)C1=C/C(=C\C=[N+]2c3cc(O)c(O[C@@H]4O[C@H](CO)[C@@H](O)[C@@H](O)[C@H]4O)cc3C[C@H]2C(=O)O)C[C@@H](C(=O)O)N1. The molecule has 15 heteroatoms. The number of nitrogens with one attached hydrogen (secondary N) is 1. The van der Waals surface area contributed by atoms with Crippen LogP contribution in [-0.2, 0) is 25.5 Å². The lowest BCUT2D eigenvalue weighted by atomic mass is 9.99. The van der Waals surface area contributed by atoms with Gasteiger partial charge in [0.05, 0.1) is 19.1 Å². The Balaban J connectivity index is 1.66. The fourth-order valence-corrected chi connectivity index (χ4v) is 4.58. The van der Waals surface area contributed by atoms with E-state index in [4.69, 9.17) is 9.47 Å². The number of carboxylic acid groups (broad SMARTS) is 3. The van der Waals surface area contributed by atoms with Crippen molar-refractivity contribution in [3.63, 3.8) is 0 Å². The van der Waals surface area contributed by atoms with E-state index in [0.717, 1.165) is 0 Å². The van der Waals surface area contributed by atoms with Gasteiger partial charge in [-0.25, -0.2) is 14.4 Å². The monoisotopic (exact) mass is 551 g/mol. The van der Waals surface area contributed by atoms with Crippen molar-refractivity contribution in [2.75, 3.05) is 6.61 Å². The predicted octanol–water partition coefficient (Wildman–Crippen LogP) is -2.36. The number of carboxylic acids is 3. The van der Waals surface area contributed by atoms with Crippen molar-refractivity contribution >= 4 is 29.8 Å². The molecule has 3 aliphatic heterocycles. The molecule has 4 rings (SSSR count). The highest BCUT2D eigenvalue weighted by Gasteiger charge is 2.46. The van der Waals surface area contributed by atoms with Crippen LogP contribution in [0.25, 0.3) is 0 Å². The number of aliphatic hydroxyl groups is 4. The zero-order chi connectivity index (χ0) is 28.6. The molecular weight excluding hydrogens is 524 g/mol. The third-order valence-electron chi connectivity index (χ3n) is 6.64. The minimum Gasteiger partial charge on any atom is -0.504 e. The smallest absolute Gasteiger partial charge is 0.373 e. The lowest BCUT2D eigenvalue weighted by Gasteiger charge is -2.39. The number of hydrogen-bond donors (Lipinski definition) is 9. The summed E-state index contributed by atoms with van der Waals surface area (Å²) in [5.74, 6) is -4.55. The lowest BCUT2D eigenvalue weighted by molar-refractivity contribution is -0.456. The Morgan fingerprint density at radius 1 is 1.05 bits per heavy atom. The number of nitrogens with zero attached hydrogens (tertiary/aromatic N) is 1. The van der Waals surface area contributed by atoms with E-state index < -0.39 is 73.1 Å². The van der Waals surface area contributed by atoms with Crippen molar-refractivity contribution in [1.82, 2.24) is 5.32 Å². The molecule has 0 aromatic heterocycles. The number of phenols is 1. The molecule has 0 saturated carbocycles. The van der Waals surface area contributed by atoms with Gasteiger partial charge in [-0.2, -0.15) is 4.58 Å². The van der Waals surface area contributed by atoms with Gasteiger partial charge in [0.15, 0.2) is 17.7 Å². The normalized spacial score (nSPS) is 32.3. The van der Waals surface area contributed by atoms with E-state index in [0.29, 0.717) is 11.1 Å². The quantitative estimate of drug-likeness (QED) is 0.161. The first-order chi connectivity index (χ1) is 18.4. The largest absolute Gasteiger partial charge is 0.504 e. The summed E-state index contributed by atoms with van der Waals surface area (Å²) in [6, 6.07) is 0.177. The zero-order valence-electron chi connectivity index (χ0n) is 20.1. The molecule has 9 N–H and O–H groups in total. The maximum absolute atomic E-state index is 12.0. The Bertz CT molecular complexity index is 1270. The minimum atomic E-state index is -1.73. The number of phenolic OH excluding ortho intramolecular Hbond substituents is 1. The molecule has 1 fully saturated rings. The third-order valence-corrected chi connectivity index (χ3v) is 6.64.